The van der Waals surface area contributed by atoms with E-state index in [1.165, 1.54) is 15.5 Å². The van der Waals surface area contributed by atoms with Crippen molar-refractivity contribution < 1.29 is 29.7 Å². The lowest BCUT2D eigenvalue weighted by atomic mass is 10.2. The Hall–Kier alpha value is -2.05. The number of nitrogens with zero attached hydrogens (tertiary/aromatic N) is 3. The van der Waals surface area contributed by atoms with Crippen LogP contribution in [0, 0.1) is 0 Å². The topological polar surface area (TPSA) is 171 Å². The number of aliphatic hydroxyl groups is 4. The number of hydrogen-bond donors (Lipinski definition) is 6. The molecule has 1 saturated heterocycles. The van der Waals surface area contributed by atoms with Gasteiger partial charge in [-0.25, -0.2) is 4.57 Å². The molecule has 4 atom stereocenters. The largest absolute Gasteiger partial charge is 0.394 e. The minimum absolute atomic E-state index is 0.0343. The monoisotopic (exact) mass is 342 g/mol. The van der Waals surface area contributed by atoms with Crippen molar-refractivity contribution in [1.29, 1.82) is 0 Å². The van der Waals surface area contributed by atoms with Crippen LogP contribution in [0.2, 0.25) is 0 Å². The fraction of sp³-hybridized carbons (Fsp3) is 0.615. The van der Waals surface area contributed by atoms with Crippen LogP contribution in [0.1, 0.15) is 12.6 Å². The second-order valence-corrected chi connectivity index (χ2v) is 5.75. The van der Waals surface area contributed by atoms with Crippen LogP contribution >= 0.6 is 0 Å². The predicted molar refractivity (Wildman–Crippen MR) is 79.7 cm³/mol. The van der Waals surface area contributed by atoms with Gasteiger partial charge in [0.1, 0.15) is 12.2 Å². The van der Waals surface area contributed by atoms with Gasteiger partial charge in [0, 0.05) is 6.42 Å². The molecule has 0 radical (unpaired) electrons. The maximum absolute atomic E-state index is 12.2. The number of nitrogen functional groups attached to an aromatic ring is 1. The standard InChI is InChI=1S/C13H19N5O6/c14-13-15-11-10(12(23)16-13)17(2-6(21)3-19)5-18(11)9-1-7(22)8(4-20)24-9/h5-9,19-22H,1-4H2,(H2-,14,15,16,23)/p+1/t6?,7-,8+,9+/m0/s1. The lowest BCUT2D eigenvalue weighted by Gasteiger charge is -2.10. The van der Waals surface area contributed by atoms with Crippen molar-refractivity contribution in [3.63, 3.8) is 0 Å². The smallest absolute Gasteiger partial charge is 0.313 e. The van der Waals surface area contributed by atoms with Gasteiger partial charge < -0.3 is 30.9 Å². The highest BCUT2D eigenvalue weighted by Crippen LogP contribution is 2.25. The Kier molecular flexibility index (Phi) is 4.51. The summed E-state index contributed by atoms with van der Waals surface area (Å²) in [5.74, 6) is -0.0843. The first kappa shape index (κ1) is 16.8. The Balaban J connectivity index is 2.09. The molecule has 7 N–H and O–H groups in total. The van der Waals surface area contributed by atoms with Gasteiger partial charge in [-0.05, 0) is 0 Å². The summed E-state index contributed by atoms with van der Waals surface area (Å²) in [5, 5.41) is 37.8. The van der Waals surface area contributed by atoms with Gasteiger partial charge in [0.05, 0.1) is 25.9 Å². The van der Waals surface area contributed by atoms with Crippen LogP contribution in [0.15, 0.2) is 11.1 Å². The number of rotatable bonds is 5. The summed E-state index contributed by atoms with van der Waals surface area (Å²) in [6.45, 7) is -0.838. The third kappa shape index (κ3) is 2.87. The number of imidazole rings is 1. The molecule has 0 aliphatic carbocycles. The molecule has 1 aliphatic rings. The molecule has 0 aromatic carbocycles. The molecule has 0 spiro atoms. The minimum atomic E-state index is -1.06. The number of nitrogens with one attached hydrogen (secondary N) is 1. The van der Waals surface area contributed by atoms with Crippen molar-refractivity contribution in [2.75, 3.05) is 18.9 Å². The Morgan fingerprint density at radius 2 is 2.29 bits per heavy atom. The fourth-order valence-electron chi connectivity index (χ4n) is 2.86. The van der Waals surface area contributed by atoms with Gasteiger partial charge in [0.15, 0.2) is 12.6 Å². The maximum Gasteiger partial charge on any atom is 0.313 e. The molecule has 1 unspecified atom stereocenters. The van der Waals surface area contributed by atoms with Crippen LogP contribution in [0.5, 0.6) is 0 Å². The molecule has 11 nitrogen and oxygen atoms in total. The highest BCUT2D eigenvalue weighted by Gasteiger charge is 2.39. The van der Waals surface area contributed by atoms with Gasteiger partial charge in [-0.2, -0.15) is 0 Å². The van der Waals surface area contributed by atoms with Crippen LogP contribution in [0.4, 0.5) is 5.95 Å². The summed E-state index contributed by atoms with van der Waals surface area (Å²) < 4.78 is 8.54. The molecule has 11 heteroatoms. The van der Waals surface area contributed by atoms with Gasteiger partial charge in [0.2, 0.25) is 5.52 Å². The van der Waals surface area contributed by atoms with Gasteiger partial charge in [0.25, 0.3) is 11.5 Å². The molecule has 3 heterocycles. The van der Waals surface area contributed by atoms with E-state index in [4.69, 9.17) is 15.6 Å². The van der Waals surface area contributed by atoms with E-state index < -0.39 is 36.7 Å². The number of aromatic nitrogens is 4. The molecule has 1 fully saturated rings. The average molecular weight is 342 g/mol. The van der Waals surface area contributed by atoms with Crippen molar-refractivity contribution in [2.45, 2.75) is 37.5 Å². The quantitative estimate of drug-likeness (QED) is 0.305. The van der Waals surface area contributed by atoms with Crippen LogP contribution in [0.3, 0.4) is 0 Å². The van der Waals surface area contributed by atoms with Crippen molar-refractivity contribution in [3.8, 4) is 0 Å². The number of anilines is 1. The van der Waals surface area contributed by atoms with Crippen molar-refractivity contribution in [2.24, 2.45) is 0 Å². The molecular formula is C13H20N5O6+. The summed E-state index contributed by atoms with van der Waals surface area (Å²) >= 11 is 0. The van der Waals surface area contributed by atoms with Gasteiger partial charge >= 0.3 is 5.65 Å². The van der Waals surface area contributed by atoms with E-state index in [-0.39, 0.29) is 36.7 Å². The zero-order valence-electron chi connectivity index (χ0n) is 12.7. The highest BCUT2D eigenvalue weighted by atomic mass is 16.5. The lowest BCUT2D eigenvalue weighted by Crippen LogP contribution is -2.40. The SMILES string of the molecule is Nc1nc2c(c(=O)[nH]1)n(CC(O)CO)c[n+]2[C@H]1C[C@H](O)[C@@H](CO)O1. The molecule has 1 aliphatic heterocycles. The summed E-state index contributed by atoms with van der Waals surface area (Å²) in [5.41, 5.74) is 5.47. The summed E-state index contributed by atoms with van der Waals surface area (Å²) in [4.78, 5) is 18.7. The van der Waals surface area contributed by atoms with Crippen molar-refractivity contribution >= 4 is 17.1 Å². The molecule has 0 bridgehead atoms. The number of aromatic amines is 1. The van der Waals surface area contributed by atoms with Crippen LogP contribution in [-0.2, 0) is 11.3 Å². The van der Waals surface area contributed by atoms with Crippen LogP contribution in [0.25, 0.3) is 11.2 Å². The second-order valence-electron chi connectivity index (χ2n) is 5.75. The average Bonchev–Trinajstić information content (AvgIpc) is 3.07. The molecule has 2 aromatic heterocycles. The lowest BCUT2D eigenvalue weighted by molar-refractivity contribution is -0.739. The van der Waals surface area contributed by atoms with Gasteiger partial charge in [-0.3, -0.25) is 14.3 Å². The van der Waals surface area contributed by atoms with Crippen LogP contribution < -0.4 is 15.9 Å². The van der Waals surface area contributed by atoms with Crippen molar-refractivity contribution in [1.82, 2.24) is 14.5 Å². The minimum Gasteiger partial charge on any atom is -0.394 e. The number of fused-ring (bicyclic) bond motifs is 1. The van der Waals surface area contributed by atoms with E-state index in [1.54, 1.807) is 0 Å². The number of nitrogens with two attached hydrogens (primary N) is 1. The molecule has 0 amide bonds. The van der Waals surface area contributed by atoms with Gasteiger partial charge in [-0.1, -0.05) is 4.98 Å². The number of ether oxygens (including phenoxy) is 1. The molecule has 2 aromatic rings. The Bertz CT molecular complexity index is 789. The Labute approximate surface area is 135 Å². The normalized spacial score (nSPS) is 25.4. The van der Waals surface area contributed by atoms with E-state index in [1.807, 2.05) is 0 Å². The first-order valence-corrected chi connectivity index (χ1v) is 7.47. The second kappa shape index (κ2) is 6.45. The molecule has 3 rings (SSSR count). The highest BCUT2D eigenvalue weighted by molar-refractivity contribution is 5.67. The van der Waals surface area contributed by atoms with E-state index in [9.17, 15) is 20.1 Å². The van der Waals surface area contributed by atoms with E-state index in [0.717, 1.165) is 0 Å². The Morgan fingerprint density at radius 1 is 1.54 bits per heavy atom. The summed E-state index contributed by atoms with van der Waals surface area (Å²) in [7, 11) is 0. The van der Waals surface area contributed by atoms with Crippen LogP contribution in [-0.4, -0.2) is 66.5 Å². The third-order valence-corrected chi connectivity index (χ3v) is 4.00. The first-order chi connectivity index (χ1) is 11.4. The zero-order valence-corrected chi connectivity index (χ0v) is 12.7. The van der Waals surface area contributed by atoms with Crippen molar-refractivity contribution in [3.05, 3.63) is 16.7 Å². The number of H-pyrrole nitrogens is 1. The zero-order chi connectivity index (χ0) is 17.4. The predicted octanol–water partition coefficient (Wildman–Crippen LogP) is -3.41. The fourth-order valence-corrected chi connectivity index (χ4v) is 2.86. The molecule has 24 heavy (non-hydrogen) atoms. The number of hydrogen-bond acceptors (Lipinski definition) is 8. The van der Waals surface area contributed by atoms with Gasteiger partial charge in [-0.15, -0.1) is 0 Å². The van der Waals surface area contributed by atoms with E-state index in [2.05, 4.69) is 9.97 Å². The Morgan fingerprint density at radius 3 is 2.92 bits per heavy atom. The molecule has 0 saturated carbocycles. The van der Waals surface area contributed by atoms with E-state index >= 15 is 0 Å². The summed E-state index contributed by atoms with van der Waals surface area (Å²) in [6.07, 6.45) is -1.60. The van der Waals surface area contributed by atoms with E-state index in [0.29, 0.717) is 0 Å². The maximum atomic E-state index is 12.2. The summed E-state index contributed by atoms with van der Waals surface area (Å²) in [6, 6.07) is 0. The molecular weight excluding hydrogens is 322 g/mol. The number of aliphatic hydroxyl groups excluding tert-OH is 4. The first-order valence-electron chi connectivity index (χ1n) is 7.47. The third-order valence-electron chi connectivity index (χ3n) is 4.00. The molecule has 132 valence electrons.